The molecule has 9 nitrogen and oxygen atoms in total. The highest BCUT2D eigenvalue weighted by Crippen LogP contribution is 2.48. The van der Waals surface area contributed by atoms with Crippen molar-refractivity contribution in [1.29, 1.82) is 0 Å². The van der Waals surface area contributed by atoms with Crippen LogP contribution in [0.2, 0.25) is 0 Å². The van der Waals surface area contributed by atoms with Gasteiger partial charge in [-0.1, -0.05) is 24.3 Å². The van der Waals surface area contributed by atoms with Gasteiger partial charge < -0.3 is 10.6 Å². The Hall–Kier alpha value is -2.32. The topological polar surface area (TPSA) is 126 Å². The molecule has 2 aromatic rings. The number of benzene rings is 2. The van der Waals surface area contributed by atoms with E-state index in [1.165, 1.54) is 24.3 Å². The predicted molar refractivity (Wildman–Crippen MR) is 130 cm³/mol. The number of nitro benzene ring substituents is 1. The van der Waals surface area contributed by atoms with E-state index in [-0.39, 0.29) is 58.9 Å². The fourth-order valence-corrected chi connectivity index (χ4v) is 4.34. The third-order valence-electron chi connectivity index (χ3n) is 5.16. The third-order valence-corrected chi connectivity index (χ3v) is 6.62. The van der Waals surface area contributed by atoms with Gasteiger partial charge in [0.25, 0.3) is 5.69 Å². The van der Waals surface area contributed by atoms with Crippen molar-refractivity contribution in [3.63, 3.8) is 0 Å². The predicted octanol–water partition coefficient (Wildman–Crippen LogP) is 2.53. The normalized spacial score (nSPS) is 14.9. The lowest BCUT2D eigenvalue weighted by Crippen LogP contribution is -2.44. The fourth-order valence-electron chi connectivity index (χ4n) is 3.27. The molecule has 3 rings (SSSR count). The Morgan fingerprint density at radius 2 is 1.88 bits per heavy atom. The van der Waals surface area contributed by atoms with E-state index < -0.39 is 14.9 Å². The summed E-state index contributed by atoms with van der Waals surface area (Å²) < 4.78 is 41.2. The lowest BCUT2D eigenvalue weighted by molar-refractivity contribution is -0.385. The molecule has 0 atom stereocenters. The molecule has 0 aliphatic heterocycles. The first-order chi connectivity index (χ1) is 14.8. The maximum Gasteiger partial charge on any atom is 0.270 e. The molecule has 1 aliphatic carbocycles. The standard InChI is InChI=1S/C20H24FN5O4S.HI/c1-22-19(24-14-20(9-10-20)17-7-2-3-8-18(17)21)23-11-12-25-31(29,30)16-6-4-5-15(13-16)26(27)28;/h2-8,13,25H,9-12,14H2,1H3,(H2,22,23,24);1H. The summed E-state index contributed by atoms with van der Waals surface area (Å²) in [7, 11) is -2.30. The number of halogens is 2. The average molecular weight is 577 g/mol. The SMILES string of the molecule is CN=C(NCCNS(=O)(=O)c1cccc([N+](=O)[O-])c1)NCC1(c2ccccc2F)CC1.I. The largest absolute Gasteiger partial charge is 0.356 e. The maximum atomic E-state index is 14.1. The fraction of sp³-hybridized carbons (Fsp3) is 0.350. The van der Waals surface area contributed by atoms with Crippen LogP contribution >= 0.6 is 24.0 Å². The van der Waals surface area contributed by atoms with Crippen LogP contribution in [-0.4, -0.2) is 46.0 Å². The van der Waals surface area contributed by atoms with Gasteiger partial charge in [-0.3, -0.25) is 15.1 Å². The Balaban J connectivity index is 0.00000363. The van der Waals surface area contributed by atoms with Gasteiger partial charge in [-0.2, -0.15) is 0 Å². The number of non-ortho nitro benzene ring substituents is 1. The number of sulfonamides is 1. The lowest BCUT2D eigenvalue weighted by atomic mass is 9.95. The number of hydrogen-bond acceptors (Lipinski definition) is 5. The maximum absolute atomic E-state index is 14.1. The Morgan fingerprint density at radius 1 is 1.16 bits per heavy atom. The second-order valence-electron chi connectivity index (χ2n) is 7.26. The van der Waals surface area contributed by atoms with Crippen molar-refractivity contribution in [3.05, 3.63) is 70.0 Å². The van der Waals surface area contributed by atoms with E-state index in [0.29, 0.717) is 18.1 Å². The van der Waals surface area contributed by atoms with Gasteiger partial charge in [0.15, 0.2) is 5.96 Å². The second-order valence-corrected chi connectivity index (χ2v) is 9.03. The van der Waals surface area contributed by atoms with Crippen LogP contribution in [0.4, 0.5) is 10.1 Å². The van der Waals surface area contributed by atoms with Gasteiger partial charge in [0.05, 0.1) is 9.82 Å². The van der Waals surface area contributed by atoms with Crippen molar-refractivity contribution in [2.45, 2.75) is 23.2 Å². The second kappa shape index (κ2) is 11.0. The molecule has 174 valence electrons. The summed E-state index contributed by atoms with van der Waals surface area (Å²) in [5.74, 6) is 0.248. The zero-order valence-corrected chi connectivity index (χ0v) is 20.5. The quantitative estimate of drug-likeness (QED) is 0.105. The first kappa shape index (κ1) is 25.9. The minimum Gasteiger partial charge on any atom is -0.356 e. The van der Waals surface area contributed by atoms with Gasteiger partial charge in [0, 0.05) is 44.2 Å². The molecule has 32 heavy (non-hydrogen) atoms. The van der Waals surface area contributed by atoms with Crippen LogP contribution in [0.15, 0.2) is 58.4 Å². The first-order valence-corrected chi connectivity index (χ1v) is 11.2. The molecular formula is C20H25FIN5O4S. The average Bonchev–Trinajstić information content (AvgIpc) is 3.54. The number of rotatable bonds is 9. The van der Waals surface area contributed by atoms with Crippen molar-refractivity contribution in [2.75, 3.05) is 26.7 Å². The smallest absolute Gasteiger partial charge is 0.270 e. The molecule has 0 unspecified atom stereocenters. The number of nitro groups is 1. The van der Waals surface area contributed by atoms with E-state index in [1.807, 2.05) is 6.07 Å². The minimum atomic E-state index is -3.88. The van der Waals surface area contributed by atoms with E-state index in [0.717, 1.165) is 18.9 Å². The van der Waals surface area contributed by atoms with Gasteiger partial charge >= 0.3 is 0 Å². The minimum absolute atomic E-state index is 0. The number of nitrogens with one attached hydrogen (secondary N) is 3. The molecule has 2 aromatic carbocycles. The highest BCUT2D eigenvalue weighted by atomic mass is 127. The van der Waals surface area contributed by atoms with E-state index in [1.54, 1.807) is 19.2 Å². The Bertz CT molecular complexity index is 1090. The molecule has 1 fully saturated rings. The first-order valence-electron chi connectivity index (χ1n) is 9.71. The van der Waals surface area contributed by atoms with Gasteiger partial charge in [-0.15, -0.1) is 24.0 Å². The summed E-state index contributed by atoms with van der Waals surface area (Å²) in [4.78, 5) is 14.1. The number of aliphatic imine (C=N–C) groups is 1. The molecule has 0 aromatic heterocycles. The molecule has 0 amide bonds. The van der Waals surface area contributed by atoms with Crippen LogP contribution in [0.1, 0.15) is 18.4 Å². The van der Waals surface area contributed by atoms with E-state index in [2.05, 4.69) is 20.3 Å². The van der Waals surface area contributed by atoms with Crippen molar-refractivity contribution >= 4 is 45.6 Å². The van der Waals surface area contributed by atoms with E-state index >= 15 is 0 Å². The zero-order chi connectivity index (χ0) is 22.5. The summed E-state index contributed by atoms with van der Waals surface area (Å²) in [6.07, 6.45) is 1.75. The van der Waals surface area contributed by atoms with E-state index in [4.69, 9.17) is 0 Å². The van der Waals surface area contributed by atoms with Gasteiger partial charge in [0.2, 0.25) is 10.0 Å². The van der Waals surface area contributed by atoms with Crippen LogP contribution < -0.4 is 15.4 Å². The van der Waals surface area contributed by atoms with Gasteiger partial charge in [-0.05, 0) is 30.5 Å². The zero-order valence-electron chi connectivity index (χ0n) is 17.4. The Labute approximate surface area is 203 Å². The summed E-state index contributed by atoms with van der Waals surface area (Å²) >= 11 is 0. The number of guanidine groups is 1. The lowest BCUT2D eigenvalue weighted by Gasteiger charge is -2.19. The molecule has 0 radical (unpaired) electrons. The van der Waals surface area contributed by atoms with E-state index in [9.17, 15) is 22.9 Å². The van der Waals surface area contributed by atoms with Crippen LogP contribution in [-0.2, 0) is 15.4 Å². The molecule has 0 spiro atoms. The summed E-state index contributed by atoms with van der Waals surface area (Å²) in [6, 6.07) is 11.6. The van der Waals surface area contributed by atoms with Crippen LogP contribution in [0.25, 0.3) is 0 Å². The van der Waals surface area contributed by atoms with Crippen molar-refractivity contribution in [3.8, 4) is 0 Å². The molecule has 12 heteroatoms. The monoisotopic (exact) mass is 577 g/mol. The van der Waals surface area contributed by atoms with Gasteiger partial charge in [0.1, 0.15) is 5.82 Å². The third kappa shape index (κ3) is 6.36. The highest BCUT2D eigenvalue weighted by molar-refractivity contribution is 14.0. The summed E-state index contributed by atoms with van der Waals surface area (Å²) in [5.41, 5.74) is 0.129. The molecule has 1 saturated carbocycles. The van der Waals surface area contributed by atoms with Gasteiger partial charge in [-0.25, -0.2) is 17.5 Å². The molecule has 1 aliphatic rings. The van der Waals surface area contributed by atoms with Crippen LogP contribution in [0.5, 0.6) is 0 Å². The number of nitrogens with zero attached hydrogens (tertiary/aromatic N) is 2. The Morgan fingerprint density at radius 3 is 2.50 bits per heavy atom. The van der Waals surface area contributed by atoms with Crippen LogP contribution in [0.3, 0.4) is 0 Å². The molecular weight excluding hydrogens is 552 g/mol. The highest BCUT2D eigenvalue weighted by Gasteiger charge is 2.45. The number of hydrogen-bond donors (Lipinski definition) is 3. The molecule has 0 heterocycles. The summed E-state index contributed by atoms with van der Waals surface area (Å²) in [5, 5.41) is 17.0. The van der Waals surface area contributed by atoms with Crippen molar-refractivity contribution in [2.24, 2.45) is 4.99 Å². The summed E-state index contributed by atoms with van der Waals surface area (Å²) in [6.45, 7) is 0.789. The molecule has 0 bridgehead atoms. The van der Waals surface area contributed by atoms with Crippen molar-refractivity contribution < 1.29 is 17.7 Å². The molecule has 0 saturated heterocycles. The molecule has 3 N–H and O–H groups in total. The Kier molecular flexibility index (Phi) is 8.92. The van der Waals surface area contributed by atoms with Crippen molar-refractivity contribution in [1.82, 2.24) is 15.4 Å². The van der Waals surface area contributed by atoms with Crippen LogP contribution in [0, 0.1) is 15.9 Å².